The second-order valence-electron chi connectivity index (χ2n) is 6.21. The fourth-order valence-electron chi connectivity index (χ4n) is 3.00. The predicted octanol–water partition coefficient (Wildman–Crippen LogP) is 3.55. The highest BCUT2D eigenvalue weighted by Gasteiger charge is 2.44. The Bertz CT molecular complexity index is 1170. The molecule has 1 saturated heterocycles. The van der Waals surface area contributed by atoms with Gasteiger partial charge >= 0.3 is 5.97 Å². The van der Waals surface area contributed by atoms with Crippen molar-refractivity contribution in [2.75, 3.05) is 6.61 Å². The Labute approximate surface area is 164 Å². The van der Waals surface area contributed by atoms with Crippen LogP contribution in [0.4, 0.5) is 10.1 Å². The van der Waals surface area contributed by atoms with Gasteiger partial charge in [-0.05, 0) is 37.3 Å². The summed E-state index contributed by atoms with van der Waals surface area (Å²) < 4.78 is 24.6. The largest absolute Gasteiger partial charge is 0.465 e. The number of fused-ring (bicyclic) bond motifs is 1. The lowest BCUT2D eigenvalue weighted by Gasteiger charge is -2.06. The summed E-state index contributed by atoms with van der Waals surface area (Å²) in [7, 11) is 0. The summed E-state index contributed by atoms with van der Waals surface area (Å²) in [6.07, 6.45) is 4.81. The van der Waals surface area contributed by atoms with Crippen molar-refractivity contribution in [3.8, 4) is 0 Å². The Morgan fingerprint density at radius 2 is 2.17 bits per heavy atom. The second kappa shape index (κ2) is 7.67. The van der Waals surface area contributed by atoms with E-state index >= 15 is 0 Å². The van der Waals surface area contributed by atoms with Crippen molar-refractivity contribution >= 4 is 40.4 Å². The maximum absolute atomic E-state index is 14.0. The Kier molecular flexibility index (Phi) is 4.90. The summed E-state index contributed by atoms with van der Waals surface area (Å²) in [6, 6.07) is 9.35. The van der Waals surface area contributed by atoms with Gasteiger partial charge in [0.15, 0.2) is 11.7 Å². The van der Waals surface area contributed by atoms with E-state index in [1.165, 1.54) is 24.3 Å². The molecule has 0 amide bonds. The van der Waals surface area contributed by atoms with E-state index in [4.69, 9.17) is 9.47 Å². The van der Waals surface area contributed by atoms with Crippen LogP contribution in [-0.4, -0.2) is 34.2 Å². The molecule has 1 aliphatic rings. The van der Waals surface area contributed by atoms with Crippen molar-refractivity contribution in [2.45, 2.75) is 6.92 Å². The maximum Gasteiger partial charge on any atom is 0.326 e. The second-order valence-corrected chi connectivity index (χ2v) is 6.21. The number of halogens is 1. The fraction of sp³-hybridized carbons (Fsp3) is 0.143. The molecule has 146 valence electrons. The van der Waals surface area contributed by atoms with Gasteiger partial charge < -0.3 is 14.5 Å². The number of carbonyl (C=O) groups excluding carboxylic acids is 2. The molecule has 8 heteroatoms. The van der Waals surface area contributed by atoms with E-state index in [-0.39, 0.29) is 24.0 Å². The van der Waals surface area contributed by atoms with Crippen LogP contribution in [0.15, 0.2) is 59.5 Å². The third-order valence-corrected chi connectivity index (χ3v) is 4.34. The van der Waals surface area contributed by atoms with Crippen LogP contribution in [0.3, 0.4) is 0 Å². The van der Waals surface area contributed by atoms with Crippen molar-refractivity contribution in [3.63, 3.8) is 0 Å². The number of hydrogen-bond donors (Lipinski definition) is 1. The number of Topliss-reactive ketones (excluding diaryl/α,β-unsaturated/α-hetero) is 1. The summed E-state index contributed by atoms with van der Waals surface area (Å²) in [5.41, 5.74) is 1.26. The van der Waals surface area contributed by atoms with Gasteiger partial charge in [-0.2, -0.15) is 0 Å². The first-order valence-electron chi connectivity index (χ1n) is 8.94. The van der Waals surface area contributed by atoms with Gasteiger partial charge in [-0.1, -0.05) is 12.1 Å². The summed E-state index contributed by atoms with van der Waals surface area (Å²) in [5.74, 6) is -3.68. The van der Waals surface area contributed by atoms with Gasteiger partial charge in [0.1, 0.15) is 17.2 Å². The molecule has 3 aromatic rings. The number of allylic oxidation sites excluding steroid dienone is 1. The standard InChI is InChI=1S/C21H16FN3O4/c1-2-28-21(27)17-18(26)16(10-12-11-24-19-13(12)6-5-9-23-19)29-20(17)25-15-8-4-3-7-14(15)22/h3-11,17H,2H2,1H3,(H,23,24)/b16-10-,25-20?. The first-order chi connectivity index (χ1) is 14.1. The minimum atomic E-state index is -1.39. The molecular formula is C21H16FN3O4. The number of aliphatic imine (C=N–C) groups is 1. The first-order valence-corrected chi connectivity index (χ1v) is 8.94. The monoisotopic (exact) mass is 393 g/mol. The lowest BCUT2D eigenvalue weighted by atomic mass is 10.0. The number of aromatic amines is 1. The highest BCUT2D eigenvalue weighted by molar-refractivity contribution is 6.27. The van der Waals surface area contributed by atoms with Crippen molar-refractivity contribution in [2.24, 2.45) is 10.9 Å². The topological polar surface area (TPSA) is 93.6 Å². The number of aromatic nitrogens is 2. The summed E-state index contributed by atoms with van der Waals surface area (Å²) in [6.45, 7) is 1.71. The number of rotatable bonds is 4. The Morgan fingerprint density at radius 3 is 2.97 bits per heavy atom. The van der Waals surface area contributed by atoms with E-state index < -0.39 is 23.5 Å². The van der Waals surface area contributed by atoms with E-state index in [0.29, 0.717) is 11.2 Å². The number of hydrogen-bond acceptors (Lipinski definition) is 6. The molecule has 0 radical (unpaired) electrons. The van der Waals surface area contributed by atoms with E-state index in [9.17, 15) is 14.0 Å². The van der Waals surface area contributed by atoms with Gasteiger partial charge in [0.05, 0.1) is 6.61 Å². The van der Waals surface area contributed by atoms with Crippen LogP contribution in [0.25, 0.3) is 17.1 Å². The molecular weight excluding hydrogens is 377 g/mol. The molecule has 1 aromatic carbocycles. The van der Waals surface area contributed by atoms with E-state index in [2.05, 4.69) is 15.0 Å². The fourth-order valence-corrected chi connectivity index (χ4v) is 3.00. The number of nitrogens with zero attached hydrogens (tertiary/aromatic N) is 2. The summed E-state index contributed by atoms with van der Waals surface area (Å²) in [4.78, 5) is 36.5. The number of carbonyl (C=O) groups is 2. The molecule has 0 aliphatic carbocycles. The van der Waals surface area contributed by atoms with E-state index in [1.54, 1.807) is 31.5 Å². The maximum atomic E-state index is 14.0. The number of para-hydroxylation sites is 1. The molecule has 1 aliphatic heterocycles. The third kappa shape index (κ3) is 3.52. The van der Waals surface area contributed by atoms with Crippen LogP contribution >= 0.6 is 0 Å². The highest BCUT2D eigenvalue weighted by atomic mass is 19.1. The molecule has 0 saturated carbocycles. The molecule has 7 nitrogen and oxygen atoms in total. The third-order valence-electron chi connectivity index (χ3n) is 4.34. The zero-order valence-corrected chi connectivity index (χ0v) is 15.4. The number of H-pyrrole nitrogens is 1. The van der Waals surface area contributed by atoms with Gasteiger partial charge in [-0.25, -0.2) is 14.4 Å². The van der Waals surface area contributed by atoms with Gasteiger partial charge in [-0.3, -0.25) is 9.59 Å². The Balaban J connectivity index is 1.76. The number of pyridine rings is 1. The molecule has 3 heterocycles. The average molecular weight is 393 g/mol. The van der Waals surface area contributed by atoms with Crippen molar-refractivity contribution in [3.05, 3.63) is 65.9 Å². The van der Waals surface area contributed by atoms with Crippen LogP contribution in [0, 0.1) is 11.7 Å². The molecule has 2 aromatic heterocycles. The number of ketones is 1. The molecule has 0 bridgehead atoms. The molecule has 0 spiro atoms. The zero-order valence-electron chi connectivity index (χ0n) is 15.4. The summed E-state index contributed by atoms with van der Waals surface area (Å²) in [5, 5.41) is 0.781. The van der Waals surface area contributed by atoms with Gasteiger partial charge in [0, 0.05) is 23.3 Å². The summed E-state index contributed by atoms with van der Waals surface area (Å²) >= 11 is 0. The van der Waals surface area contributed by atoms with Crippen LogP contribution in [0.1, 0.15) is 12.5 Å². The quantitative estimate of drug-likeness (QED) is 0.416. The number of ether oxygens (including phenoxy) is 2. The minimum absolute atomic E-state index is 0.0397. The lowest BCUT2D eigenvalue weighted by molar-refractivity contribution is -0.147. The van der Waals surface area contributed by atoms with Crippen LogP contribution in [-0.2, 0) is 19.1 Å². The molecule has 29 heavy (non-hydrogen) atoms. The molecule has 1 N–H and O–H groups in total. The lowest BCUT2D eigenvalue weighted by Crippen LogP contribution is -2.27. The van der Waals surface area contributed by atoms with Crippen LogP contribution in [0.2, 0.25) is 0 Å². The highest BCUT2D eigenvalue weighted by Crippen LogP contribution is 2.29. The van der Waals surface area contributed by atoms with Gasteiger partial charge in [0.25, 0.3) is 0 Å². The van der Waals surface area contributed by atoms with E-state index in [1.807, 2.05) is 6.07 Å². The average Bonchev–Trinajstić information content (AvgIpc) is 3.25. The normalized spacial score (nSPS) is 19.1. The van der Waals surface area contributed by atoms with Gasteiger partial charge in [-0.15, -0.1) is 0 Å². The zero-order chi connectivity index (χ0) is 20.4. The van der Waals surface area contributed by atoms with Crippen LogP contribution < -0.4 is 0 Å². The number of esters is 1. The van der Waals surface area contributed by atoms with Gasteiger partial charge in [0.2, 0.25) is 11.7 Å². The molecule has 4 rings (SSSR count). The van der Waals surface area contributed by atoms with Crippen molar-refractivity contribution in [1.29, 1.82) is 0 Å². The Morgan fingerprint density at radius 1 is 1.34 bits per heavy atom. The number of benzene rings is 1. The first kappa shape index (κ1) is 18.5. The molecule has 1 unspecified atom stereocenters. The van der Waals surface area contributed by atoms with Crippen LogP contribution in [0.5, 0.6) is 0 Å². The SMILES string of the molecule is CCOC(=O)C1C(=O)/C(=C/c2c[nH]c3ncccc23)OC1=Nc1ccccc1F. The smallest absolute Gasteiger partial charge is 0.326 e. The molecule has 1 atom stereocenters. The number of nitrogens with one attached hydrogen (secondary N) is 1. The minimum Gasteiger partial charge on any atom is -0.465 e. The van der Waals surface area contributed by atoms with E-state index in [0.717, 1.165) is 5.39 Å². The molecule has 1 fully saturated rings. The Hall–Kier alpha value is -3.81. The predicted molar refractivity (Wildman–Crippen MR) is 104 cm³/mol. The van der Waals surface area contributed by atoms with Crippen molar-refractivity contribution < 1.29 is 23.5 Å². The van der Waals surface area contributed by atoms with Crippen molar-refractivity contribution in [1.82, 2.24) is 9.97 Å².